The molecule has 1 amide bonds. The molecule has 0 fully saturated rings. The Kier molecular flexibility index (Phi) is 5.06. The number of aryl methyl sites for hydroxylation is 1. The van der Waals surface area contributed by atoms with E-state index < -0.39 is 0 Å². The molecule has 21 heavy (non-hydrogen) atoms. The minimum absolute atomic E-state index is 0.134. The van der Waals surface area contributed by atoms with Crippen LogP contribution in [0.5, 0.6) is 0 Å². The number of nitrogens with zero attached hydrogens (tertiary/aromatic N) is 1. The number of halogens is 2. The zero-order valence-electron chi connectivity index (χ0n) is 12.1. The van der Waals surface area contributed by atoms with Crippen molar-refractivity contribution in [1.82, 2.24) is 0 Å². The fraction of sp³-hybridized carbons (Fsp3) is 0.188. The predicted molar refractivity (Wildman–Crippen MR) is 95.3 cm³/mol. The van der Waals surface area contributed by atoms with E-state index in [4.69, 9.17) is 0 Å². The molecule has 0 saturated carbocycles. The molecule has 0 unspecified atom stereocenters. The predicted octanol–water partition coefficient (Wildman–Crippen LogP) is 4.84. The molecule has 0 aromatic heterocycles. The van der Waals surface area contributed by atoms with Crippen molar-refractivity contribution in [1.29, 1.82) is 0 Å². The maximum absolute atomic E-state index is 12.3. The van der Waals surface area contributed by atoms with E-state index in [9.17, 15) is 4.79 Å². The Bertz CT molecular complexity index is 664. The van der Waals surface area contributed by atoms with Crippen LogP contribution in [0.1, 0.15) is 15.9 Å². The average Bonchev–Trinajstić information content (AvgIpc) is 2.39. The highest BCUT2D eigenvalue weighted by atomic mass is 79.9. The molecule has 0 radical (unpaired) electrons. The van der Waals surface area contributed by atoms with E-state index in [-0.39, 0.29) is 5.91 Å². The molecule has 110 valence electrons. The smallest absolute Gasteiger partial charge is 0.255 e. The lowest BCUT2D eigenvalue weighted by molar-refractivity contribution is 0.102. The van der Waals surface area contributed by atoms with Crippen LogP contribution < -0.4 is 10.2 Å². The van der Waals surface area contributed by atoms with Crippen molar-refractivity contribution in [3.63, 3.8) is 0 Å². The van der Waals surface area contributed by atoms with Crippen LogP contribution in [0.4, 0.5) is 11.4 Å². The van der Waals surface area contributed by atoms with Gasteiger partial charge in [0, 0.05) is 40.0 Å². The Hall–Kier alpha value is -1.33. The number of amides is 1. The van der Waals surface area contributed by atoms with Gasteiger partial charge in [0.25, 0.3) is 5.91 Å². The van der Waals surface area contributed by atoms with Crippen molar-refractivity contribution in [2.45, 2.75) is 6.92 Å². The summed E-state index contributed by atoms with van der Waals surface area (Å²) < 4.78 is 1.72. The molecule has 5 heteroatoms. The van der Waals surface area contributed by atoms with Crippen LogP contribution in [0.2, 0.25) is 0 Å². The van der Waals surface area contributed by atoms with Gasteiger partial charge in [-0.25, -0.2) is 0 Å². The van der Waals surface area contributed by atoms with Gasteiger partial charge in [0.1, 0.15) is 0 Å². The molecule has 0 atom stereocenters. The van der Waals surface area contributed by atoms with Crippen LogP contribution in [-0.4, -0.2) is 20.0 Å². The highest BCUT2D eigenvalue weighted by Crippen LogP contribution is 2.24. The second-order valence-electron chi connectivity index (χ2n) is 5.01. The minimum Gasteiger partial charge on any atom is -0.377 e. The standard InChI is InChI=1S/C16H16Br2N2O/c1-10-4-5-14(9-15(10)20(2)3)19-16(21)11-6-12(17)8-13(18)7-11/h4-9H,1-3H3,(H,19,21). The maximum Gasteiger partial charge on any atom is 0.255 e. The number of rotatable bonds is 3. The first-order valence-electron chi connectivity index (χ1n) is 6.42. The molecule has 3 nitrogen and oxygen atoms in total. The molecule has 0 aliphatic rings. The average molecular weight is 412 g/mol. The van der Waals surface area contributed by atoms with Gasteiger partial charge in [-0.15, -0.1) is 0 Å². The lowest BCUT2D eigenvalue weighted by Gasteiger charge is -2.17. The normalized spacial score (nSPS) is 10.3. The summed E-state index contributed by atoms with van der Waals surface area (Å²) in [5.74, 6) is -0.134. The molecule has 0 heterocycles. The van der Waals surface area contributed by atoms with Crippen LogP contribution in [0, 0.1) is 6.92 Å². The number of hydrogen-bond donors (Lipinski definition) is 1. The van der Waals surface area contributed by atoms with E-state index >= 15 is 0 Å². The summed E-state index contributed by atoms with van der Waals surface area (Å²) >= 11 is 6.78. The van der Waals surface area contributed by atoms with E-state index in [0.717, 1.165) is 20.3 Å². The van der Waals surface area contributed by atoms with Gasteiger partial charge < -0.3 is 10.2 Å². The number of anilines is 2. The quantitative estimate of drug-likeness (QED) is 0.783. The molecule has 0 spiro atoms. The van der Waals surface area contributed by atoms with Crippen molar-refractivity contribution in [3.8, 4) is 0 Å². The lowest BCUT2D eigenvalue weighted by atomic mass is 10.1. The van der Waals surface area contributed by atoms with Gasteiger partial charge in [-0.1, -0.05) is 37.9 Å². The third kappa shape index (κ3) is 4.08. The van der Waals surface area contributed by atoms with Crippen molar-refractivity contribution >= 4 is 49.1 Å². The van der Waals surface area contributed by atoms with E-state index in [1.807, 2.05) is 50.2 Å². The largest absolute Gasteiger partial charge is 0.377 e. The molecule has 0 aliphatic heterocycles. The molecule has 0 bridgehead atoms. The second kappa shape index (κ2) is 6.62. The number of carbonyl (C=O) groups excluding carboxylic acids is 1. The van der Waals surface area contributed by atoms with Crippen molar-refractivity contribution < 1.29 is 4.79 Å². The Balaban J connectivity index is 2.25. The molecule has 0 saturated heterocycles. The first-order chi connectivity index (χ1) is 9.86. The Morgan fingerprint density at radius 2 is 1.67 bits per heavy atom. The van der Waals surface area contributed by atoms with Gasteiger partial charge in [-0.05, 0) is 42.8 Å². The summed E-state index contributed by atoms with van der Waals surface area (Å²) in [4.78, 5) is 14.3. The van der Waals surface area contributed by atoms with Gasteiger partial charge >= 0.3 is 0 Å². The zero-order chi connectivity index (χ0) is 15.6. The monoisotopic (exact) mass is 410 g/mol. The van der Waals surface area contributed by atoms with Gasteiger partial charge in [0.15, 0.2) is 0 Å². The fourth-order valence-corrected chi connectivity index (χ4v) is 3.35. The van der Waals surface area contributed by atoms with Crippen molar-refractivity contribution in [2.24, 2.45) is 0 Å². The van der Waals surface area contributed by atoms with E-state index in [0.29, 0.717) is 5.56 Å². The summed E-state index contributed by atoms with van der Waals surface area (Å²) in [5.41, 5.74) is 3.64. The Morgan fingerprint density at radius 1 is 1.05 bits per heavy atom. The molecule has 2 aromatic rings. The first-order valence-corrected chi connectivity index (χ1v) is 8.01. The van der Waals surface area contributed by atoms with Gasteiger partial charge in [-0.3, -0.25) is 4.79 Å². The summed E-state index contributed by atoms with van der Waals surface area (Å²) in [5, 5.41) is 2.93. The maximum atomic E-state index is 12.3. The molecule has 2 aromatic carbocycles. The summed E-state index contributed by atoms with van der Waals surface area (Å²) in [6, 6.07) is 11.4. The third-order valence-electron chi connectivity index (χ3n) is 3.07. The molecular formula is C16H16Br2N2O. The van der Waals surface area contributed by atoms with E-state index in [1.165, 1.54) is 5.56 Å². The van der Waals surface area contributed by atoms with Gasteiger partial charge in [0.05, 0.1) is 0 Å². The summed E-state index contributed by atoms with van der Waals surface area (Å²) in [6.45, 7) is 2.05. The molecule has 1 N–H and O–H groups in total. The number of benzene rings is 2. The van der Waals surface area contributed by atoms with Crippen LogP contribution in [-0.2, 0) is 0 Å². The highest BCUT2D eigenvalue weighted by molar-refractivity contribution is 9.11. The van der Waals surface area contributed by atoms with E-state index in [2.05, 4.69) is 37.2 Å². The van der Waals surface area contributed by atoms with Gasteiger partial charge in [-0.2, -0.15) is 0 Å². The topological polar surface area (TPSA) is 32.3 Å². The number of hydrogen-bond acceptors (Lipinski definition) is 2. The SMILES string of the molecule is Cc1ccc(NC(=O)c2cc(Br)cc(Br)c2)cc1N(C)C. The number of carbonyl (C=O) groups is 1. The fourth-order valence-electron chi connectivity index (χ4n) is 2.06. The van der Waals surface area contributed by atoms with Crippen LogP contribution >= 0.6 is 31.9 Å². The first kappa shape index (κ1) is 16.0. The Morgan fingerprint density at radius 3 is 2.24 bits per heavy atom. The summed E-state index contributed by atoms with van der Waals surface area (Å²) in [7, 11) is 3.97. The summed E-state index contributed by atoms with van der Waals surface area (Å²) in [6.07, 6.45) is 0. The van der Waals surface area contributed by atoms with E-state index in [1.54, 1.807) is 12.1 Å². The number of nitrogens with one attached hydrogen (secondary N) is 1. The minimum atomic E-state index is -0.134. The molecular weight excluding hydrogens is 396 g/mol. The van der Waals surface area contributed by atoms with Crippen LogP contribution in [0.15, 0.2) is 45.3 Å². The van der Waals surface area contributed by atoms with Crippen molar-refractivity contribution in [2.75, 3.05) is 24.3 Å². The molecule has 0 aliphatic carbocycles. The Labute approximate surface area is 141 Å². The molecule has 2 rings (SSSR count). The second-order valence-corrected chi connectivity index (χ2v) is 6.84. The van der Waals surface area contributed by atoms with Crippen LogP contribution in [0.3, 0.4) is 0 Å². The van der Waals surface area contributed by atoms with Crippen LogP contribution in [0.25, 0.3) is 0 Å². The zero-order valence-corrected chi connectivity index (χ0v) is 15.2. The van der Waals surface area contributed by atoms with Gasteiger partial charge in [0.2, 0.25) is 0 Å². The lowest BCUT2D eigenvalue weighted by Crippen LogP contribution is -2.14. The third-order valence-corrected chi connectivity index (χ3v) is 3.99. The van der Waals surface area contributed by atoms with Crippen molar-refractivity contribution in [3.05, 3.63) is 56.5 Å². The highest BCUT2D eigenvalue weighted by Gasteiger charge is 2.09.